The number of nitrogens with one attached hydrogen (secondary N) is 1. The monoisotopic (exact) mass is 358 g/mol. The van der Waals surface area contributed by atoms with Gasteiger partial charge in [-0.05, 0) is 54.7 Å². The van der Waals surface area contributed by atoms with Crippen molar-refractivity contribution in [2.24, 2.45) is 17.8 Å². The van der Waals surface area contributed by atoms with E-state index in [1.54, 1.807) is 0 Å². The standard InChI is InChI=1S/C19H22N2OS2/c1-21(2)13-7-5-10(6-8-13)14-15-11-3-4-12(9-11)16(15)23-18-17(14)24-19(22)20-18/h5-8,11-12,14-16H,3-4,9H2,1-2H3,(H,20,22)/t11-,12-,14-,15-,16-/m0/s1. The van der Waals surface area contributed by atoms with E-state index in [0.29, 0.717) is 17.1 Å². The molecular formula is C19H22N2OS2. The topological polar surface area (TPSA) is 36.1 Å². The van der Waals surface area contributed by atoms with Crippen molar-refractivity contribution in [1.82, 2.24) is 4.98 Å². The van der Waals surface area contributed by atoms with Crippen molar-refractivity contribution < 1.29 is 0 Å². The number of H-pyrrole nitrogens is 1. The van der Waals surface area contributed by atoms with Crippen LogP contribution < -0.4 is 9.77 Å². The van der Waals surface area contributed by atoms with E-state index >= 15 is 0 Å². The first kappa shape index (κ1) is 15.1. The van der Waals surface area contributed by atoms with Crippen molar-refractivity contribution in [2.45, 2.75) is 35.5 Å². The summed E-state index contributed by atoms with van der Waals surface area (Å²) in [7, 11) is 4.16. The highest BCUT2D eigenvalue weighted by Crippen LogP contribution is 2.63. The van der Waals surface area contributed by atoms with Crippen LogP contribution in [0.4, 0.5) is 5.69 Å². The molecule has 2 heterocycles. The Morgan fingerprint density at radius 3 is 2.62 bits per heavy atom. The minimum Gasteiger partial charge on any atom is -0.378 e. The summed E-state index contributed by atoms with van der Waals surface area (Å²) in [5.74, 6) is 2.81. The van der Waals surface area contributed by atoms with E-state index in [-0.39, 0.29) is 4.87 Å². The van der Waals surface area contributed by atoms with Gasteiger partial charge in [-0.25, -0.2) is 0 Å². The first-order valence-electron chi connectivity index (χ1n) is 8.79. The molecule has 3 nitrogen and oxygen atoms in total. The van der Waals surface area contributed by atoms with Crippen molar-refractivity contribution in [3.05, 3.63) is 44.4 Å². The molecule has 5 rings (SSSR count). The molecule has 1 aliphatic heterocycles. The van der Waals surface area contributed by atoms with Crippen LogP contribution in [0.2, 0.25) is 0 Å². The van der Waals surface area contributed by atoms with Gasteiger partial charge in [0.1, 0.15) is 0 Å². The average Bonchev–Trinajstić information content (AvgIpc) is 3.26. The Balaban J connectivity index is 1.62. The molecule has 1 aromatic carbocycles. The zero-order chi connectivity index (χ0) is 16.4. The number of aromatic nitrogens is 1. The number of anilines is 1. The lowest BCUT2D eigenvalue weighted by molar-refractivity contribution is 0.307. The Hall–Kier alpha value is -1.20. The molecule has 2 aliphatic carbocycles. The summed E-state index contributed by atoms with van der Waals surface area (Å²) in [4.78, 5) is 18.7. The maximum atomic E-state index is 12.0. The highest BCUT2D eigenvalue weighted by Gasteiger charge is 2.54. The number of rotatable bonds is 2. The maximum Gasteiger partial charge on any atom is 0.305 e. The second kappa shape index (κ2) is 5.40. The van der Waals surface area contributed by atoms with Gasteiger partial charge in [-0.3, -0.25) is 4.79 Å². The Bertz CT molecular complexity index is 823. The van der Waals surface area contributed by atoms with Gasteiger partial charge in [0, 0.05) is 35.8 Å². The fraction of sp³-hybridized carbons (Fsp3) is 0.526. The lowest BCUT2D eigenvalue weighted by Crippen LogP contribution is -2.33. The largest absolute Gasteiger partial charge is 0.378 e. The number of fused-ring (bicyclic) bond motifs is 6. The van der Waals surface area contributed by atoms with E-state index < -0.39 is 0 Å². The molecule has 2 bridgehead atoms. The quantitative estimate of drug-likeness (QED) is 0.876. The predicted molar refractivity (Wildman–Crippen MR) is 102 cm³/mol. The highest BCUT2D eigenvalue weighted by molar-refractivity contribution is 8.00. The minimum absolute atomic E-state index is 0.106. The van der Waals surface area contributed by atoms with Crippen LogP contribution in [-0.2, 0) is 0 Å². The van der Waals surface area contributed by atoms with Crippen molar-refractivity contribution >= 4 is 28.8 Å². The van der Waals surface area contributed by atoms with Crippen molar-refractivity contribution in [1.29, 1.82) is 0 Å². The molecule has 126 valence electrons. The third kappa shape index (κ3) is 2.14. The first-order valence-corrected chi connectivity index (χ1v) is 10.5. The molecule has 5 heteroatoms. The molecular weight excluding hydrogens is 336 g/mol. The van der Waals surface area contributed by atoms with Crippen molar-refractivity contribution in [3.8, 4) is 0 Å². The summed E-state index contributed by atoms with van der Waals surface area (Å²) in [6.07, 6.45) is 4.16. The second-order valence-corrected chi connectivity index (χ2v) is 9.87. The third-order valence-electron chi connectivity index (χ3n) is 6.23. The Morgan fingerprint density at radius 1 is 1.12 bits per heavy atom. The molecule has 24 heavy (non-hydrogen) atoms. The normalized spacial score (nSPS) is 33.3. The van der Waals surface area contributed by atoms with E-state index in [1.807, 2.05) is 11.8 Å². The molecule has 2 aromatic rings. The van der Waals surface area contributed by atoms with Crippen molar-refractivity contribution in [3.63, 3.8) is 0 Å². The highest BCUT2D eigenvalue weighted by atomic mass is 32.2. The molecule has 1 N–H and O–H groups in total. The van der Waals surface area contributed by atoms with Gasteiger partial charge in [0.25, 0.3) is 0 Å². The lowest BCUT2D eigenvalue weighted by atomic mass is 9.75. The number of thiazole rings is 1. The zero-order valence-electron chi connectivity index (χ0n) is 14.0. The van der Waals surface area contributed by atoms with Crippen LogP contribution in [0.15, 0.2) is 34.1 Å². The summed E-state index contributed by atoms with van der Waals surface area (Å²) < 4.78 is 0. The molecule has 0 spiro atoms. The smallest absolute Gasteiger partial charge is 0.305 e. The Labute approximate surface area is 150 Å². The van der Waals surface area contributed by atoms with Gasteiger partial charge in [0.05, 0.1) is 5.03 Å². The second-order valence-electron chi connectivity index (χ2n) is 7.66. The summed E-state index contributed by atoms with van der Waals surface area (Å²) in [5.41, 5.74) is 2.62. The predicted octanol–water partition coefficient (Wildman–Crippen LogP) is 4.15. The van der Waals surface area contributed by atoms with Crippen LogP contribution >= 0.6 is 23.1 Å². The average molecular weight is 359 g/mol. The fourth-order valence-corrected chi connectivity index (χ4v) is 8.10. The summed E-state index contributed by atoms with van der Waals surface area (Å²) in [5, 5.41) is 1.85. The van der Waals surface area contributed by atoms with Crippen LogP contribution in [0.25, 0.3) is 0 Å². The molecule has 2 saturated carbocycles. The number of hydrogen-bond acceptors (Lipinski definition) is 4. The van der Waals surface area contributed by atoms with Crippen molar-refractivity contribution in [2.75, 3.05) is 19.0 Å². The van der Waals surface area contributed by atoms with Crippen LogP contribution in [0.1, 0.15) is 35.6 Å². The van der Waals surface area contributed by atoms with Crippen LogP contribution in [0, 0.1) is 17.8 Å². The van der Waals surface area contributed by atoms with Gasteiger partial charge in [-0.15, -0.1) is 11.8 Å². The van der Waals surface area contributed by atoms with E-state index in [2.05, 4.69) is 48.2 Å². The van der Waals surface area contributed by atoms with Gasteiger partial charge in [-0.1, -0.05) is 23.5 Å². The number of nitrogens with zero attached hydrogens (tertiary/aromatic N) is 1. The van der Waals surface area contributed by atoms with Crippen LogP contribution in [0.3, 0.4) is 0 Å². The molecule has 0 amide bonds. The number of benzene rings is 1. The summed E-state index contributed by atoms with van der Waals surface area (Å²) in [6.45, 7) is 0. The van der Waals surface area contributed by atoms with Gasteiger partial charge < -0.3 is 9.88 Å². The number of hydrogen-bond donors (Lipinski definition) is 1. The molecule has 3 aliphatic rings. The van der Waals surface area contributed by atoms with Gasteiger partial charge in [0.2, 0.25) is 0 Å². The summed E-state index contributed by atoms with van der Waals surface area (Å²) >= 11 is 3.40. The van der Waals surface area contributed by atoms with E-state index in [9.17, 15) is 4.79 Å². The molecule has 0 unspecified atom stereocenters. The Kier molecular flexibility index (Phi) is 3.39. The van der Waals surface area contributed by atoms with Crippen LogP contribution in [-0.4, -0.2) is 24.3 Å². The van der Waals surface area contributed by atoms with Gasteiger partial charge in [-0.2, -0.15) is 0 Å². The fourth-order valence-electron chi connectivity index (χ4n) is 5.20. The number of thioether (sulfide) groups is 1. The molecule has 5 atom stereocenters. The Morgan fingerprint density at radius 2 is 1.88 bits per heavy atom. The van der Waals surface area contributed by atoms with E-state index in [1.165, 1.54) is 46.7 Å². The van der Waals surface area contributed by atoms with Gasteiger partial charge in [0.15, 0.2) is 0 Å². The third-order valence-corrected chi connectivity index (χ3v) is 8.86. The lowest BCUT2D eigenvalue weighted by Gasteiger charge is -2.40. The minimum atomic E-state index is 0.106. The maximum absolute atomic E-state index is 12.0. The van der Waals surface area contributed by atoms with E-state index in [4.69, 9.17) is 0 Å². The van der Waals surface area contributed by atoms with Crippen LogP contribution in [0.5, 0.6) is 0 Å². The summed E-state index contributed by atoms with van der Waals surface area (Å²) in [6, 6.07) is 9.00. The number of aromatic amines is 1. The molecule has 1 aromatic heterocycles. The van der Waals surface area contributed by atoms with E-state index in [0.717, 1.165) is 16.9 Å². The van der Waals surface area contributed by atoms with Gasteiger partial charge >= 0.3 is 4.87 Å². The molecule has 2 fully saturated rings. The first-order chi connectivity index (χ1) is 11.6. The SMILES string of the molecule is CN(C)c1ccc([C@@H]2c3sc(=O)[nH]c3S[C@H]3[C@H]4CC[C@@H](C4)[C@@H]23)cc1. The zero-order valence-corrected chi connectivity index (χ0v) is 15.6. The molecule has 0 saturated heterocycles. The molecule has 0 radical (unpaired) electrons.